The van der Waals surface area contributed by atoms with Gasteiger partial charge >= 0.3 is 6.18 Å². The molecule has 0 radical (unpaired) electrons. The van der Waals surface area contributed by atoms with Gasteiger partial charge in [0.25, 0.3) is 0 Å². The molecule has 3 rings (SSSR count). The number of rotatable bonds is 0. The van der Waals surface area contributed by atoms with Crippen molar-refractivity contribution < 1.29 is 18.0 Å². The van der Waals surface area contributed by atoms with Gasteiger partial charge in [0.05, 0.1) is 16.9 Å². The maximum atomic E-state index is 12.8. The SMILES string of the molecule is O=C1Nc2cccc(C(F)(F)F)c2NC12CC2. The fraction of sp³-hybridized carbons (Fsp3) is 0.364. The van der Waals surface area contributed by atoms with Crippen molar-refractivity contribution in [2.45, 2.75) is 24.6 Å². The molecular formula is C11H9F3N2O. The minimum Gasteiger partial charge on any atom is -0.369 e. The van der Waals surface area contributed by atoms with Crippen LogP contribution in [0.4, 0.5) is 24.5 Å². The number of benzene rings is 1. The third kappa shape index (κ3) is 1.47. The molecular weight excluding hydrogens is 233 g/mol. The van der Waals surface area contributed by atoms with E-state index in [9.17, 15) is 18.0 Å². The molecule has 3 nitrogen and oxygen atoms in total. The van der Waals surface area contributed by atoms with Crippen LogP contribution < -0.4 is 10.6 Å². The molecule has 6 heteroatoms. The third-order valence-corrected chi connectivity index (χ3v) is 3.17. The summed E-state index contributed by atoms with van der Waals surface area (Å²) in [6.45, 7) is 0. The standard InChI is InChI=1S/C11H9F3N2O/c12-11(13,14)6-2-1-3-7-8(6)16-10(4-5-10)9(17)15-7/h1-3,16H,4-5H2,(H,15,17). The molecule has 0 unspecified atom stereocenters. The summed E-state index contributed by atoms with van der Waals surface area (Å²) < 4.78 is 38.4. The molecule has 17 heavy (non-hydrogen) atoms. The topological polar surface area (TPSA) is 41.1 Å². The first-order valence-electron chi connectivity index (χ1n) is 5.22. The Morgan fingerprint density at radius 3 is 2.53 bits per heavy atom. The predicted octanol–water partition coefficient (Wildman–Crippen LogP) is 2.60. The predicted molar refractivity (Wildman–Crippen MR) is 55.7 cm³/mol. The number of halogens is 3. The van der Waals surface area contributed by atoms with Crippen LogP contribution in [-0.4, -0.2) is 11.4 Å². The van der Waals surface area contributed by atoms with Crippen molar-refractivity contribution in [3.8, 4) is 0 Å². The van der Waals surface area contributed by atoms with E-state index in [2.05, 4.69) is 10.6 Å². The molecule has 1 heterocycles. The Labute approximate surface area is 95.0 Å². The van der Waals surface area contributed by atoms with Crippen molar-refractivity contribution in [2.24, 2.45) is 0 Å². The summed E-state index contributed by atoms with van der Waals surface area (Å²) in [6, 6.07) is 3.76. The molecule has 1 aromatic carbocycles. The van der Waals surface area contributed by atoms with E-state index < -0.39 is 17.3 Å². The lowest BCUT2D eigenvalue weighted by atomic mass is 10.0. The lowest BCUT2D eigenvalue weighted by Crippen LogP contribution is -2.41. The van der Waals surface area contributed by atoms with Gasteiger partial charge in [0.2, 0.25) is 5.91 Å². The summed E-state index contributed by atoms with van der Waals surface area (Å²) in [7, 11) is 0. The van der Waals surface area contributed by atoms with Crippen LogP contribution in [0.15, 0.2) is 18.2 Å². The van der Waals surface area contributed by atoms with Crippen LogP contribution in [0.3, 0.4) is 0 Å². The number of carbonyl (C=O) groups is 1. The Kier molecular flexibility index (Phi) is 1.80. The van der Waals surface area contributed by atoms with Crippen LogP contribution in [0, 0.1) is 0 Å². The van der Waals surface area contributed by atoms with Gasteiger partial charge in [-0.05, 0) is 25.0 Å². The zero-order valence-corrected chi connectivity index (χ0v) is 8.69. The van der Waals surface area contributed by atoms with Crippen molar-refractivity contribution >= 4 is 17.3 Å². The number of amides is 1. The quantitative estimate of drug-likeness (QED) is 0.734. The van der Waals surface area contributed by atoms with E-state index >= 15 is 0 Å². The van der Waals surface area contributed by atoms with Crippen molar-refractivity contribution in [3.05, 3.63) is 23.8 Å². The molecule has 1 aliphatic heterocycles. The van der Waals surface area contributed by atoms with E-state index in [1.807, 2.05) is 0 Å². The third-order valence-electron chi connectivity index (χ3n) is 3.17. The summed E-state index contributed by atoms with van der Waals surface area (Å²) in [5.41, 5.74) is -1.37. The highest BCUT2D eigenvalue weighted by molar-refractivity contribution is 6.08. The average molecular weight is 242 g/mol. The number of carbonyl (C=O) groups excluding carboxylic acids is 1. The number of fused-ring (bicyclic) bond motifs is 1. The van der Waals surface area contributed by atoms with Crippen molar-refractivity contribution in [2.75, 3.05) is 10.6 Å². The van der Waals surface area contributed by atoms with Crippen LogP contribution in [0.2, 0.25) is 0 Å². The minimum atomic E-state index is -4.42. The van der Waals surface area contributed by atoms with E-state index in [1.54, 1.807) is 0 Å². The fourth-order valence-electron chi connectivity index (χ4n) is 2.04. The van der Waals surface area contributed by atoms with Crippen molar-refractivity contribution in [1.82, 2.24) is 0 Å². The molecule has 0 bridgehead atoms. The number of hydrogen-bond acceptors (Lipinski definition) is 2. The molecule has 0 aromatic heterocycles. The average Bonchev–Trinajstić information content (AvgIpc) is 2.98. The summed E-state index contributed by atoms with van der Waals surface area (Å²) in [6.07, 6.45) is -3.27. The molecule has 1 amide bonds. The molecule has 0 atom stereocenters. The highest BCUT2D eigenvalue weighted by atomic mass is 19.4. The van der Waals surface area contributed by atoms with Gasteiger partial charge in [-0.15, -0.1) is 0 Å². The summed E-state index contributed by atoms with van der Waals surface area (Å²) in [4.78, 5) is 11.6. The largest absolute Gasteiger partial charge is 0.418 e. The van der Waals surface area contributed by atoms with E-state index in [1.165, 1.54) is 12.1 Å². The van der Waals surface area contributed by atoms with Gasteiger partial charge < -0.3 is 10.6 Å². The molecule has 2 N–H and O–H groups in total. The summed E-state index contributed by atoms with van der Waals surface area (Å²) >= 11 is 0. The maximum absolute atomic E-state index is 12.8. The number of hydrogen-bond donors (Lipinski definition) is 2. The fourth-order valence-corrected chi connectivity index (χ4v) is 2.04. The molecule has 0 saturated heterocycles. The molecule has 1 aromatic rings. The zero-order valence-electron chi connectivity index (χ0n) is 8.69. The maximum Gasteiger partial charge on any atom is 0.418 e. The van der Waals surface area contributed by atoms with Crippen LogP contribution >= 0.6 is 0 Å². The molecule has 2 aliphatic rings. The Balaban J connectivity index is 2.12. The van der Waals surface area contributed by atoms with Crippen LogP contribution in [0.25, 0.3) is 0 Å². The second-order valence-corrected chi connectivity index (χ2v) is 4.39. The van der Waals surface area contributed by atoms with Crippen LogP contribution in [0.5, 0.6) is 0 Å². The second-order valence-electron chi connectivity index (χ2n) is 4.39. The van der Waals surface area contributed by atoms with E-state index in [-0.39, 0.29) is 17.3 Å². The molecule has 1 saturated carbocycles. The first-order valence-corrected chi connectivity index (χ1v) is 5.22. The number of nitrogens with one attached hydrogen (secondary N) is 2. The van der Waals surface area contributed by atoms with E-state index in [4.69, 9.17) is 0 Å². The Bertz CT molecular complexity index is 506. The summed E-state index contributed by atoms with van der Waals surface area (Å²) in [5, 5.41) is 5.26. The highest BCUT2D eigenvalue weighted by Gasteiger charge is 2.53. The second kappa shape index (κ2) is 2.94. The first kappa shape index (κ1) is 10.4. The van der Waals surface area contributed by atoms with Gasteiger partial charge in [0.1, 0.15) is 5.54 Å². The first-order chi connectivity index (χ1) is 7.92. The normalized spacial score (nSPS) is 20.5. The highest BCUT2D eigenvalue weighted by Crippen LogP contribution is 2.48. The summed E-state index contributed by atoms with van der Waals surface area (Å²) in [5.74, 6) is -0.246. The monoisotopic (exact) mass is 242 g/mol. The number of anilines is 2. The van der Waals surface area contributed by atoms with Gasteiger partial charge in [0.15, 0.2) is 0 Å². The molecule has 1 spiro atoms. The van der Waals surface area contributed by atoms with Crippen LogP contribution in [-0.2, 0) is 11.0 Å². The van der Waals surface area contributed by atoms with Gasteiger partial charge in [-0.1, -0.05) is 6.07 Å². The van der Waals surface area contributed by atoms with Gasteiger partial charge in [-0.2, -0.15) is 13.2 Å². The van der Waals surface area contributed by atoms with E-state index in [0.717, 1.165) is 6.07 Å². The van der Waals surface area contributed by atoms with Gasteiger partial charge in [0, 0.05) is 0 Å². The lowest BCUT2D eigenvalue weighted by Gasteiger charge is -2.29. The Hall–Kier alpha value is -1.72. The lowest BCUT2D eigenvalue weighted by molar-refractivity contribution is -0.137. The Morgan fingerprint density at radius 2 is 1.94 bits per heavy atom. The molecule has 90 valence electrons. The Morgan fingerprint density at radius 1 is 1.24 bits per heavy atom. The molecule has 1 aliphatic carbocycles. The van der Waals surface area contributed by atoms with Gasteiger partial charge in [-0.3, -0.25) is 4.79 Å². The van der Waals surface area contributed by atoms with Crippen molar-refractivity contribution in [3.63, 3.8) is 0 Å². The van der Waals surface area contributed by atoms with Gasteiger partial charge in [-0.25, -0.2) is 0 Å². The van der Waals surface area contributed by atoms with Crippen LogP contribution in [0.1, 0.15) is 18.4 Å². The molecule has 1 fully saturated rings. The number of para-hydroxylation sites is 1. The van der Waals surface area contributed by atoms with E-state index in [0.29, 0.717) is 12.8 Å². The smallest absolute Gasteiger partial charge is 0.369 e. The number of alkyl halides is 3. The minimum absolute atomic E-state index is 0.0166. The van der Waals surface area contributed by atoms with Crippen molar-refractivity contribution in [1.29, 1.82) is 0 Å². The zero-order chi connectivity index (χ0) is 12.3.